The maximum absolute atomic E-state index is 12.6. The van der Waals surface area contributed by atoms with Crippen molar-refractivity contribution >= 4 is 256 Å². The zero-order valence-corrected chi connectivity index (χ0v) is 82.0. The van der Waals surface area contributed by atoms with Crippen LogP contribution in [0.25, 0.3) is 15.6 Å². The van der Waals surface area contributed by atoms with E-state index in [1.54, 1.807) is 24.3 Å². The third-order valence-corrected chi connectivity index (χ3v) is 27.8. The van der Waals surface area contributed by atoms with Gasteiger partial charge in [0.2, 0.25) is 0 Å². The molecule has 0 bridgehead atoms. The zero-order chi connectivity index (χ0) is 104. The minimum Gasteiger partial charge on any atom is -0.484 e. The molecule has 134 heavy (non-hydrogen) atoms. The number of benzene rings is 10. The van der Waals surface area contributed by atoms with E-state index in [0.29, 0.717) is 47.5 Å². The van der Waals surface area contributed by atoms with Gasteiger partial charge in [-0.2, -0.15) is 65.9 Å². The molecule has 0 amide bonds. The van der Waals surface area contributed by atoms with Crippen LogP contribution in [0.2, 0.25) is 20.1 Å². The van der Waals surface area contributed by atoms with Crippen molar-refractivity contribution in [3.05, 3.63) is 264 Å². The summed E-state index contributed by atoms with van der Waals surface area (Å²) in [6.45, 7) is 5.04. The third-order valence-electron chi connectivity index (χ3n) is 13.8. The number of alkyl halides is 18. The van der Waals surface area contributed by atoms with Crippen molar-refractivity contribution in [2.45, 2.75) is 88.2 Å². The van der Waals surface area contributed by atoms with Crippen LogP contribution >= 0.6 is 158 Å². The Bertz CT molecular complexity index is 6940. The molecule has 0 aliphatic rings. The van der Waals surface area contributed by atoms with Crippen molar-refractivity contribution in [3.8, 4) is 17.2 Å². The second-order valence-electron chi connectivity index (χ2n) is 23.7. The Morgan fingerprint density at radius 3 is 1.10 bits per heavy atom. The third kappa shape index (κ3) is 45.3. The van der Waals surface area contributed by atoms with Crippen molar-refractivity contribution < 1.29 is 182 Å². The average molecular weight is 2430 g/mol. The van der Waals surface area contributed by atoms with Crippen molar-refractivity contribution in [2.24, 2.45) is 0 Å². The number of rotatable bonds is 14. The average Bonchev–Trinajstić information content (AvgIpc) is 0.791. The number of aryl methyl sites for hydroxylation is 1. The summed E-state index contributed by atoms with van der Waals surface area (Å²) in [5.41, 5.74) is -3.08. The van der Waals surface area contributed by atoms with E-state index in [1.807, 2.05) is 19.1 Å². The van der Waals surface area contributed by atoms with Crippen LogP contribution in [0.4, 0.5) is 97.9 Å². The first-order valence-electron chi connectivity index (χ1n) is 32.2. The molecule has 10 aromatic carbocycles. The molecule has 0 radical (unpaired) electrons. The van der Waals surface area contributed by atoms with Gasteiger partial charge in [-0.1, -0.05) is 117 Å². The van der Waals surface area contributed by atoms with Gasteiger partial charge in [0.1, 0.15) is 53.4 Å². The van der Waals surface area contributed by atoms with Gasteiger partial charge in [0.15, 0.2) is 24.7 Å². The second-order valence-corrected chi connectivity index (χ2v) is 49.2. The molecular weight excluding hydrogens is 2400 g/mol. The van der Waals surface area contributed by atoms with Crippen LogP contribution in [-0.2, 0) is 100.0 Å². The quantitative estimate of drug-likeness (QED) is 0.0554. The molecule has 740 valence electrons. The van der Waals surface area contributed by atoms with Crippen molar-refractivity contribution in [2.75, 3.05) is 13.2 Å². The van der Waals surface area contributed by atoms with Gasteiger partial charge in [-0.25, -0.2) is 93.8 Å². The Kier molecular flexibility index (Phi) is 45.4. The van der Waals surface area contributed by atoms with Crippen LogP contribution in [0, 0.1) is 30.9 Å². The van der Waals surface area contributed by atoms with Crippen molar-refractivity contribution in [1.29, 1.82) is 0 Å². The van der Waals surface area contributed by atoms with Gasteiger partial charge in [-0.05, 0) is 139 Å². The Morgan fingerprint density at radius 2 is 0.716 bits per heavy atom. The lowest BCUT2D eigenvalue weighted by molar-refractivity contribution is -0.275. The van der Waals surface area contributed by atoms with E-state index in [0.717, 1.165) is 59.5 Å². The maximum Gasteiger partial charge on any atom is 0.573 e. The van der Waals surface area contributed by atoms with Crippen molar-refractivity contribution in [1.82, 2.24) is 0 Å². The molecule has 22 nitrogen and oxygen atoms in total. The molecule has 66 heteroatoms. The van der Waals surface area contributed by atoms with Crippen LogP contribution in [0.3, 0.4) is 0 Å². The molecule has 10 rings (SSSR count). The lowest BCUT2D eigenvalue weighted by Gasteiger charge is -2.14. The lowest BCUT2D eigenvalue weighted by atomic mass is 10.1. The smallest absolute Gasteiger partial charge is 0.484 e. The minimum atomic E-state index is -5.11. The van der Waals surface area contributed by atoms with Gasteiger partial charge in [0, 0.05) is 128 Å². The van der Waals surface area contributed by atoms with Gasteiger partial charge < -0.3 is 14.2 Å². The number of hydrogen-bond acceptors (Lipinski definition) is 21. The van der Waals surface area contributed by atoms with Gasteiger partial charge in [0.05, 0.1) is 52.9 Å². The number of halogens is 35. The van der Waals surface area contributed by atoms with Crippen LogP contribution in [-0.4, -0.2) is 108 Å². The largest absolute Gasteiger partial charge is 0.573 e. The molecule has 10 aromatic rings. The normalized spacial score (nSPS) is 12.3. The maximum atomic E-state index is 12.6. The van der Waals surface area contributed by atoms with Crippen LogP contribution in [0.5, 0.6) is 17.2 Å². The van der Waals surface area contributed by atoms with Gasteiger partial charge >= 0.3 is 37.2 Å². The van der Waals surface area contributed by atoms with Crippen LogP contribution < -0.4 is 14.2 Å². The highest BCUT2D eigenvalue weighted by molar-refractivity contribution is 9.10. The van der Waals surface area contributed by atoms with E-state index < -0.39 is 213 Å². The first kappa shape index (κ1) is 124. The minimum absolute atomic E-state index is 0.0107. The molecule has 0 atom stereocenters. The van der Waals surface area contributed by atoms with Crippen LogP contribution in [0.1, 0.15) is 22.3 Å². The molecule has 0 saturated heterocycles. The van der Waals surface area contributed by atoms with E-state index in [1.165, 1.54) is 48.5 Å². The predicted molar refractivity (Wildman–Crippen MR) is 456 cm³/mol. The van der Waals surface area contributed by atoms with E-state index >= 15 is 0 Å². The summed E-state index contributed by atoms with van der Waals surface area (Å²) in [5, 5.41) is 1.29. The molecular formula is C68H38BrCl13F21NO21S9. The molecule has 0 fully saturated rings. The summed E-state index contributed by atoms with van der Waals surface area (Å²) >= 11 is 24.7. The van der Waals surface area contributed by atoms with E-state index in [9.17, 15) is 168 Å². The molecule has 0 aliphatic carbocycles. The molecule has 0 heterocycles. The summed E-state index contributed by atoms with van der Waals surface area (Å²) in [7, 11) is 8.17. The fraction of sp³-hybridized carbons (Fsp3) is 0.132. The lowest BCUT2D eigenvalue weighted by Crippen LogP contribution is -2.20. The summed E-state index contributed by atoms with van der Waals surface area (Å²) in [5.74, 6) is -4.83. The zero-order valence-electron chi connectivity index (χ0n) is 63.2. The van der Waals surface area contributed by atoms with Gasteiger partial charge in [0.25, 0.3) is 81.5 Å². The molecule has 0 unspecified atom stereocenters. The Morgan fingerprint density at radius 1 is 0.336 bits per heavy atom. The molecule has 0 aromatic heterocycles. The van der Waals surface area contributed by atoms with Crippen LogP contribution in [0.15, 0.2) is 237 Å². The second kappa shape index (κ2) is 49.2. The Balaban J connectivity index is 0.000000514. The SMILES string of the molecule is Cc1ccc(S(=O)(=O)Cl)c2ccccc12.O=S(=O)(Cl)c1cc(C(F)(F)F)cc(C(F)(F)F)c1.O=S(=O)(Cl)c1cc(Cl)cc(Cl)c1.O=S(=O)(Cl)c1cc(OCC(F)(F)F)ccc1OCC(F)(F)F.O=S(=O)(Cl)c1ccc(Br)cc1OC(F)(F)F.O=S(=O)(Cl)c1ccc(C(F)(F)F)cc1Cl.O=S(=O)(Cl)c1ccc(F)cc1Cl.O=S(=O)(Cl)c1ccc(F)cc1F.[C-]#[N+]c1ccc(S(=O)(=O)Cl)cc1. The summed E-state index contributed by atoms with van der Waals surface area (Å²) in [4.78, 5) is -1.28. The fourth-order valence-electron chi connectivity index (χ4n) is 8.38. The van der Waals surface area contributed by atoms with Gasteiger partial charge in [-0.15, -0.1) is 13.2 Å². The number of nitrogens with zero attached hydrogens (tertiary/aromatic N) is 1. The van der Waals surface area contributed by atoms with Crippen molar-refractivity contribution in [3.63, 3.8) is 0 Å². The highest BCUT2D eigenvalue weighted by Crippen LogP contribution is 2.41. The van der Waals surface area contributed by atoms with Gasteiger partial charge in [-0.3, -0.25) is 0 Å². The number of fused-ring (bicyclic) bond motifs is 1. The standard InChI is InChI=1S/C11H9ClO2S.C10H7ClF6O4S.C8H3ClF6O2S.C7H3BrClF3O3S.C7H3Cl2F3O2S.C7H4ClNO2S.C6H3Cl3O2S.C6H3Cl2FO2S.C6H3ClF2O2S/c1-8-6-7-11(15(12,13)14)10-5-3-2-4-9(8)10;11-22(18,19)8-3-6(20-4-9(12,13)14)1-2-7(8)21-5-10(15,16)17;9-18(16,17)6-2-4(7(10,11)12)1-5(3-6)8(13,14)15;8-4-1-2-6(16(9,13)14)5(3-4)15-7(10,11)12;8-5-3-4(7(10,11)12)1-2-6(5)15(9,13)14;1-9-6-2-4-7(5-3-6)12(8,10)11;7-4-1-5(8)3-6(2-4)12(9,10)11;7-5-3-4(9)1-2-6(5)12(8,10)11;7-12(10,11)6-2-1-4(8)3-5(6)9/h2-7H,1H3;1-3H,4-5H2;1-3H;1-3H;1-3H;2-5H;3*1-3H. The van der Waals surface area contributed by atoms with E-state index in [4.69, 9.17) is 149 Å². The summed E-state index contributed by atoms with van der Waals surface area (Å²) < 4.78 is 464. The first-order valence-corrected chi connectivity index (χ1v) is 55.2. The molecule has 0 aliphatic heterocycles. The van der Waals surface area contributed by atoms with E-state index in [-0.39, 0.29) is 57.3 Å². The van der Waals surface area contributed by atoms with E-state index in [2.05, 4.69) is 35.0 Å². The number of ether oxygens (including phenoxy) is 3. The summed E-state index contributed by atoms with van der Waals surface area (Å²) in [6.07, 6.45) is -29.2. The molecule has 0 spiro atoms. The predicted octanol–water partition coefficient (Wildman–Crippen LogP) is 26.2. The highest BCUT2D eigenvalue weighted by Gasteiger charge is 2.40. The topological polar surface area (TPSA) is 339 Å². The molecule has 0 saturated carbocycles. The Hall–Kier alpha value is -6.32. The summed E-state index contributed by atoms with van der Waals surface area (Å²) in [6, 6.07) is 31.6. The fourth-order valence-corrected chi connectivity index (χ4v) is 18.7. The highest BCUT2D eigenvalue weighted by atomic mass is 79.9. The molecule has 0 N–H and O–H groups in total. The monoisotopic (exact) mass is 2420 g/mol. The Labute approximate surface area is 813 Å². The number of hydrogen-bond donors (Lipinski definition) is 0. The first-order chi connectivity index (χ1) is 60.1.